The average Bonchev–Trinajstić information content (AvgIpc) is 2.72. The molecule has 1 saturated heterocycles. The first kappa shape index (κ1) is 18.7. The minimum absolute atomic E-state index is 0.586. The van der Waals surface area contributed by atoms with Gasteiger partial charge in [0.15, 0.2) is 0 Å². The van der Waals surface area contributed by atoms with Crippen molar-refractivity contribution in [2.75, 3.05) is 37.6 Å². The van der Waals surface area contributed by atoms with Gasteiger partial charge in [-0.05, 0) is 42.3 Å². The van der Waals surface area contributed by atoms with Crippen molar-refractivity contribution >= 4 is 16.6 Å². The van der Waals surface area contributed by atoms with Crippen molar-refractivity contribution in [2.45, 2.75) is 12.6 Å². The van der Waals surface area contributed by atoms with Crippen molar-refractivity contribution in [3.05, 3.63) is 71.9 Å². The van der Waals surface area contributed by atoms with E-state index < -0.39 is 11.7 Å². The molecule has 146 valence electrons. The zero-order valence-corrected chi connectivity index (χ0v) is 15.5. The molecule has 6 heteroatoms. The van der Waals surface area contributed by atoms with Gasteiger partial charge >= 0.3 is 6.18 Å². The SMILES string of the molecule is FC(F)(F)c1cccc(N2CCN(CCc3ccc4cccnc4c3)CC2)c1. The lowest BCUT2D eigenvalue weighted by Crippen LogP contribution is -2.47. The average molecular weight is 385 g/mol. The highest BCUT2D eigenvalue weighted by Crippen LogP contribution is 2.31. The molecule has 0 saturated carbocycles. The molecular formula is C22H22F3N3. The predicted molar refractivity (Wildman–Crippen MR) is 106 cm³/mol. The van der Waals surface area contributed by atoms with Crippen LogP contribution in [0.25, 0.3) is 10.9 Å². The van der Waals surface area contributed by atoms with Crippen LogP contribution in [0, 0.1) is 0 Å². The number of anilines is 1. The fourth-order valence-corrected chi connectivity index (χ4v) is 3.66. The van der Waals surface area contributed by atoms with Crippen LogP contribution in [-0.4, -0.2) is 42.6 Å². The van der Waals surface area contributed by atoms with E-state index in [0.29, 0.717) is 5.69 Å². The summed E-state index contributed by atoms with van der Waals surface area (Å²) in [5, 5.41) is 1.14. The van der Waals surface area contributed by atoms with Crippen LogP contribution in [0.5, 0.6) is 0 Å². The van der Waals surface area contributed by atoms with Crippen molar-refractivity contribution in [1.82, 2.24) is 9.88 Å². The highest BCUT2D eigenvalue weighted by atomic mass is 19.4. The van der Waals surface area contributed by atoms with Gasteiger partial charge in [-0.1, -0.05) is 24.3 Å². The zero-order valence-electron chi connectivity index (χ0n) is 15.5. The molecule has 1 aromatic heterocycles. The summed E-state index contributed by atoms with van der Waals surface area (Å²) < 4.78 is 38.8. The van der Waals surface area contributed by atoms with Gasteiger partial charge in [-0.2, -0.15) is 13.2 Å². The van der Waals surface area contributed by atoms with Crippen molar-refractivity contribution in [3.63, 3.8) is 0 Å². The van der Waals surface area contributed by atoms with Crippen LogP contribution < -0.4 is 4.90 Å². The van der Waals surface area contributed by atoms with Gasteiger partial charge in [0.25, 0.3) is 0 Å². The maximum absolute atomic E-state index is 12.9. The summed E-state index contributed by atoms with van der Waals surface area (Å²) >= 11 is 0. The highest BCUT2D eigenvalue weighted by molar-refractivity contribution is 5.78. The number of pyridine rings is 1. The summed E-state index contributed by atoms with van der Waals surface area (Å²) in [6.07, 6.45) is -1.55. The fraction of sp³-hybridized carbons (Fsp3) is 0.318. The minimum Gasteiger partial charge on any atom is -0.369 e. The summed E-state index contributed by atoms with van der Waals surface area (Å²) in [6, 6.07) is 16.0. The predicted octanol–water partition coefficient (Wildman–Crippen LogP) is 4.62. The van der Waals surface area contributed by atoms with Gasteiger partial charge in [0, 0.05) is 50.0 Å². The Bertz CT molecular complexity index is 947. The summed E-state index contributed by atoms with van der Waals surface area (Å²) in [5.74, 6) is 0. The molecule has 28 heavy (non-hydrogen) atoms. The van der Waals surface area contributed by atoms with Crippen LogP contribution in [0.2, 0.25) is 0 Å². The third-order valence-electron chi connectivity index (χ3n) is 5.30. The Morgan fingerprint density at radius 3 is 2.50 bits per heavy atom. The van der Waals surface area contributed by atoms with Crippen molar-refractivity contribution < 1.29 is 13.2 Å². The molecule has 2 heterocycles. The van der Waals surface area contributed by atoms with Crippen molar-refractivity contribution in [3.8, 4) is 0 Å². The highest BCUT2D eigenvalue weighted by Gasteiger charge is 2.31. The van der Waals surface area contributed by atoms with Crippen molar-refractivity contribution in [1.29, 1.82) is 0 Å². The number of alkyl halides is 3. The van der Waals surface area contributed by atoms with Crippen LogP contribution in [0.15, 0.2) is 60.8 Å². The van der Waals surface area contributed by atoms with E-state index in [1.807, 2.05) is 11.0 Å². The van der Waals surface area contributed by atoms with E-state index in [4.69, 9.17) is 0 Å². The molecule has 3 aromatic rings. The van der Waals surface area contributed by atoms with E-state index in [9.17, 15) is 13.2 Å². The van der Waals surface area contributed by atoms with Gasteiger partial charge in [-0.15, -0.1) is 0 Å². The van der Waals surface area contributed by atoms with Crippen LogP contribution >= 0.6 is 0 Å². The molecule has 1 fully saturated rings. The molecule has 4 rings (SSSR count). The fourth-order valence-electron chi connectivity index (χ4n) is 3.66. The monoisotopic (exact) mass is 385 g/mol. The first-order valence-corrected chi connectivity index (χ1v) is 9.47. The first-order valence-electron chi connectivity index (χ1n) is 9.47. The Hall–Kier alpha value is -2.60. The number of hydrogen-bond acceptors (Lipinski definition) is 3. The van der Waals surface area contributed by atoms with Gasteiger partial charge < -0.3 is 4.90 Å². The van der Waals surface area contributed by atoms with Gasteiger partial charge in [0.05, 0.1) is 11.1 Å². The number of rotatable bonds is 4. The lowest BCUT2D eigenvalue weighted by molar-refractivity contribution is -0.137. The first-order chi connectivity index (χ1) is 13.5. The molecule has 3 nitrogen and oxygen atoms in total. The second kappa shape index (κ2) is 7.80. The number of nitrogens with zero attached hydrogens (tertiary/aromatic N) is 3. The molecule has 1 aliphatic heterocycles. The molecular weight excluding hydrogens is 363 g/mol. The summed E-state index contributed by atoms with van der Waals surface area (Å²) in [6.45, 7) is 4.11. The molecule has 0 aliphatic carbocycles. The van der Waals surface area contributed by atoms with E-state index in [0.717, 1.165) is 56.1 Å². The Labute approximate surface area is 162 Å². The zero-order chi connectivity index (χ0) is 19.6. The van der Waals surface area contributed by atoms with Gasteiger partial charge in [0.2, 0.25) is 0 Å². The molecule has 0 N–H and O–H groups in total. The van der Waals surface area contributed by atoms with Crippen molar-refractivity contribution in [2.24, 2.45) is 0 Å². The van der Waals surface area contributed by atoms with Crippen LogP contribution in [0.3, 0.4) is 0 Å². The van der Waals surface area contributed by atoms with E-state index in [-0.39, 0.29) is 0 Å². The minimum atomic E-state index is -4.30. The van der Waals surface area contributed by atoms with Gasteiger partial charge in [0.1, 0.15) is 0 Å². The standard InChI is InChI=1S/C22H22F3N3/c23-22(24,25)19-4-1-5-20(16-19)28-13-11-27(12-14-28)10-8-17-6-7-18-3-2-9-26-21(18)15-17/h1-7,9,15-16H,8,10-14H2. The maximum Gasteiger partial charge on any atom is 0.416 e. The van der Waals surface area contributed by atoms with Crippen LogP contribution in [0.1, 0.15) is 11.1 Å². The molecule has 0 spiro atoms. The molecule has 0 atom stereocenters. The smallest absolute Gasteiger partial charge is 0.369 e. The van der Waals surface area contributed by atoms with E-state index in [1.165, 1.54) is 17.7 Å². The topological polar surface area (TPSA) is 19.4 Å². The van der Waals surface area contributed by atoms with Gasteiger partial charge in [-0.25, -0.2) is 0 Å². The number of fused-ring (bicyclic) bond motifs is 1. The summed E-state index contributed by atoms with van der Waals surface area (Å²) in [7, 11) is 0. The van der Waals surface area contributed by atoms with Crippen LogP contribution in [0.4, 0.5) is 18.9 Å². The normalized spacial score (nSPS) is 15.9. The Morgan fingerprint density at radius 2 is 1.71 bits per heavy atom. The number of hydrogen-bond donors (Lipinski definition) is 0. The lowest BCUT2D eigenvalue weighted by atomic mass is 10.1. The van der Waals surface area contributed by atoms with Crippen LogP contribution in [-0.2, 0) is 12.6 Å². The summed E-state index contributed by atoms with van der Waals surface area (Å²) in [5.41, 5.74) is 2.33. The lowest BCUT2D eigenvalue weighted by Gasteiger charge is -2.36. The molecule has 0 unspecified atom stereocenters. The quantitative estimate of drug-likeness (QED) is 0.653. The maximum atomic E-state index is 12.9. The molecule has 0 radical (unpaired) electrons. The molecule has 2 aromatic carbocycles. The molecule has 1 aliphatic rings. The number of aromatic nitrogens is 1. The third-order valence-corrected chi connectivity index (χ3v) is 5.30. The largest absolute Gasteiger partial charge is 0.416 e. The molecule has 0 amide bonds. The number of piperazine rings is 1. The number of halogens is 3. The Morgan fingerprint density at radius 1 is 0.893 bits per heavy atom. The van der Waals surface area contributed by atoms with Gasteiger partial charge in [-0.3, -0.25) is 9.88 Å². The third kappa shape index (κ3) is 4.28. The van der Waals surface area contributed by atoms with E-state index >= 15 is 0 Å². The Balaban J connectivity index is 1.33. The summed E-state index contributed by atoms with van der Waals surface area (Å²) in [4.78, 5) is 8.81. The number of benzene rings is 2. The van der Waals surface area contributed by atoms with E-state index in [1.54, 1.807) is 12.3 Å². The molecule has 0 bridgehead atoms. The second-order valence-electron chi connectivity index (χ2n) is 7.16. The Kier molecular flexibility index (Phi) is 5.22. The van der Waals surface area contributed by atoms with E-state index in [2.05, 4.69) is 34.1 Å². The second-order valence-corrected chi connectivity index (χ2v) is 7.16.